The molecule has 184 valence electrons. The van der Waals surface area contributed by atoms with Crippen LogP contribution in [-0.2, 0) is 0 Å². The number of rotatable bonds is 5. The Labute approximate surface area is 209 Å². The molecular weight excluding hydrogens is 458 g/mol. The number of benzene rings is 2. The molecule has 0 spiro atoms. The molecule has 0 unspecified atom stereocenters. The molecule has 1 aliphatic rings. The second-order valence-electron chi connectivity index (χ2n) is 9.64. The fraction of sp³-hybridized carbons (Fsp3) is 0.357. The molecule has 4 aromatic rings. The van der Waals surface area contributed by atoms with Crippen LogP contribution in [0.4, 0.5) is 14.6 Å². The molecule has 2 aromatic heterocycles. The molecule has 0 radical (unpaired) electrons. The molecule has 1 saturated heterocycles. The van der Waals surface area contributed by atoms with Crippen molar-refractivity contribution >= 4 is 16.9 Å². The Balaban J connectivity index is 1.65. The van der Waals surface area contributed by atoms with E-state index in [4.69, 9.17) is 10.2 Å². The normalized spacial score (nSPS) is 14.5. The Hall–Kier alpha value is -3.86. The fourth-order valence-corrected chi connectivity index (χ4v) is 4.90. The lowest BCUT2D eigenvalue weighted by Gasteiger charge is -2.32. The first-order valence-corrected chi connectivity index (χ1v) is 12.4. The molecule has 0 bridgehead atoms. The quantitative estimate of drug-likeness (QED) is 0.321. The van der Waals surface area contributed by atoms with Gasteiger partial charge in [0, 0.05) is 36.3 Å². The van der Waals surface area contributed by atoms with Gasteiger partial charge in [0.1, 0.15) is 23.5 Å². The molecule has 0 N–H and O–H groups in total. The van der Waals surface area contributed by atoms with E-state index in [1.54, 1.807) is 24.7 Å². The van der Waals surface area contributed by atoms with Crippen LogP contribution >= 0.6 is 0 Å². The summed E-state index contributed by atoms with van der Waals surface area (Å²) < 4.78 is 32.0. The zero-order chi connectivity index (χ0) is 25.4. The fourth-order valence-electron chi connectivity index (χ4n) is 4.90. The topological polar surface area (TPSA) is 70.6 Å². The third-order valence-electron chi connectivity index (χ3n) is 7.11. The minimum atomic E-state index is -0.650. The molecule has 1 fully saturated rings. The van der Waals surface area contributed by atoms with Crippen LogP contribution in [0.2, 0.25) is 0 Å². The van der Waals surface area contributed by atoms with Crippen molar-refractivity contribution in [1.29, 1.82) is 5.26 Å². The Morgan fingerprint density at radius 1 is 1.06 bits per heavy atom. The summed E-state index contributed by atoms with van der Waals surface area (Å²) in [7, 11) is 0. The number of piperidine rings is 1. The van der Waals surface area contributed by atoms with E-state index >= 15 is 4.39 Å². The molecule has 36 heavy (non-hydrogen) atoms. The Morgan fingerprint density at radius 3 is 2.50 bits per heavy atom. The lowest BCUT2D eigenvalue weighted by molar-refractivity contribution is 0.393. The highest BCUT2D eigenvalue weighted by molar-refractivity contribution is 5.86. The van der Waals surface area contributed by atoms with Crippen molar-refractivity contribution in [3.63, 3.8) is 0 Å². The minimum absolute atomic E-state index is 0.0575. The minimum Gasteiger partial charge on any atom is -0.355 e. The van der Waals surface area contributed by atoms with Crippen LogP contribution in [0.1, 0.15) is 51.6 Å². The summed E-state index contributed by atoms with van der Waals surface area (Å²) >= 11 is 0. The van der Waals surface area contributed by atoms with Crippen molar-refractivity contribution in [2.45, 2.75) is 46.1 Å². The van der Waals surface area contributed by atoms with Crippen molar-refractivity contribution in [2.75, 3.05) is 18.0 Å². The number of imidazole rings is 1. The second-order valence-corrected chi connectivity index (χ2v) is 9.64. The average molecular weight is 487 g/mol. The molecule has 5 rings (SSSR count). The van der Waals surface area contributed by atoms with Gasteiger partial charge >= 0.3 is 0 Å². The molecule has 0 atom stereocenters. The lowest BCUT2D eigenvalue weighted by atomic mass is 9.94. The van der Waals surface area contributed by atoms with E-state index in [1.807, 2.05) is 24.5 Å². The SMILES string of the molecule is CCC1CCN(c2cnc(-c3cc4ncn(C(C)C)c4cc3F)c(-c3ccc(C#N)c(F)c3)n2)CC1. The number of nitrogens with zero attached hydrogens (tertiary/aromatic N) is 6. The molecule has 8 heteroatoms. The maximum Gasteiger partial charge on any atom is 0.147 e. The average Bonchev–Trinajstić information content (AvgIpc) is 3.31. The molecule has 0 amide bonds. The van der Waals surface area contributed by atoms with E-state index < -0.39 is 11.6 Å². The molecule has 0 saturated carbocycles. The van der Waals surface area contributed by atoms with Crippen LogP contribution < -0.4 is 4.90 Å². The van der Waals surface area contributed by atoms with Crippen LogP contribution in [0, 0.1) is 28.9 Å². The van der Waals surface area contributed by atoms with Gasteiger partial charge in [-0.25, -0.2) is 23.7 Å². The summed E-state index contributed by atoms with van der Waals surface area (Å²) in [6.45, 7) is 7.96. The summed E-state index contributed by atoms with van der Waals surface area (Å²) in [6, 6.07) is 9.42. The second kappa shape index (κ2) is 9.65. The van der Waals surface area contributed by atoms with Gasteiger partial charge in [-0.2, -0.15) is 5.26 Å². The first-order valence-electron chi connectivity index (χ1n) is 12.4. The van der Waals surface area contributed by atoms with Crippen LogP contribution in [0.3, 0.4) is 0 Å². The van der Waals surface area contributed by atoms with Gasteiger partial charge in [-0.1, -0.05) is 19.4 Å². The van der Waals surface area contributed by atoms with E-state index in [-0.39, 0.29) is 17.2 Å². The Bertz CT molecular complexity index is 1460. The largest absolute Gasteiger partial charge is 0.355 e. The van der Waals surface area contributed by atoms with E-state index in [1.165, 1.54) is 18.2 Å². The van der Waals surface area contributed by atoms with E-state index in [0.717, 1.165) is 32.4 Å². The Kier molecular flexibility index (Phi) is 6.40. The molecule has 0 aliphatic carbocycles. The van der Waals surface area contributed by atoms with Crippen molar-refractivity contribution in [2.24, 2.45) is 5.92 Å². The van der Waals surface area contributed by atoms with Gasteiger partial charge in [-0.05, 0) is 50.8 Å². The van der Waals surface area contributed by atoms with Gasteiger partial charge in [0.15, 0.2) is 0 Å². The summed E-state index contributed by atoms with van der Waals surface area (Å²) in [5, 5.41) is 9.16. The standard InChI is InChI=1S/C28H28F2N6/c1-4-18-7-9-35(10-8-18)26-15-32-28(27(34-26)19-5-6-20(14-31)22(29)11-19)21-12-24-25(13-23(21)30)36(16-33-24)17(2)3/h5-6,11-13,15-18H,4,7-10H2,1-3H3. The first kappa shape index (κ1) is 23.9. The number of anilines is 1. The zero-order valence-electron chi connectivity index (χ0n) is 20.7. The van der Waals surface area contributed by atoms with Crippen LogP contribution in [0.15, 0.2) is 42.9 Å². The van der Waals surface area contributed by atoms with E-state index in [2.05, 4.69) is 21.8 Å². The third-order valence-corrected chi connectivity index (χ3v) is 7.11. The van der Waals surface area contributed by atoms with E-state index in [0.29, 0.717) is 39.7 Å². The highest BCUT2D eigenvalue weighted by Crippen LogP contribution is 2.35. The number of hydrogen-bond donors (Lipinski definition) is 0. The maximum absolute atomic E-state index is 15.5. The number of aromatic nitrogens is 4. The lowest BCUT2D eigenvalue weighted by Crippen LogP contribution is -2.34. The van der Waals surface area contributed by atoms with Crippen molar-refractivity contribution < 1.29 is 8.78 Å². The number of nitriles is 1. The first-order chi connectivity index (χ1) is 17.4. The van der Waals surface area contributed by atoms with Gasteiger partial charge in [0.2, 0.25) is 0 Å². The molecule has 6 nitrogen and oxygen atoms in total. The monoisotopic (exact) mass is 486 g/mol. The van der Waals surface area contributed by atoms with Crippen LogP contribution in [-0.4, -0.2) is 32.6 Å². The van der Waals surface area contributed by atoms with Crippen LogP contribution in [0.25, 0.3) is 33.5 Å². The van der Waals surface area contributed by atoms with Crippen molar-refractivity contribution in [3.05, 3.63) is 60.1 Å². The summed E-state index contributed by atoms with van der Waals surface area (Å²) in [5.41, 5.74) is 2.65. The maximum atomic E-state index is 15.5. The van der Waals surface area contributed by atoms with Gasteiger partial charge in [-0.15, -0.1) is 0 Å². The summed E-state index contributed by atoms with van der Waals surface area (Å²) in [4.78, 5) is 16.2. The number of hydrogen-bond acceptors (Lipinski definition) is 5. The smallest absolute Gasteiger partial charge is 0.147 e. The van der Waals surface area contributed by atoms with Gasteiger partial charge in [0.05, 0.1) is 40.5 Å². The zero-order valence-corrected chi connectivity index (χ0v) is 20.7. The van der Waals surface area contributed by atoms with Crippen LogP contribution in [0.5, 0.6) is 0 Å². The molecule has 2 aromatic carbocycles. The summed E-state index contributed by atoms with van der Waals surface area (Å²) in [5.74, 6) is 0.278. The Morgan fingerprint density at radius 2 is 1.83 bits per heavy atom. The molecular formula is C28H28F2N6. The third kappa shape index (κ3) is 4.30. The molecule has 1 aliphatic heterocycles. The summed E-state index contributed by atoms with van der Waals surface area (Å²) in [6.07, 6.45) is 6.67. The molecule has 3 heterocycles. The van der Waals surface area contributed by atoms with Gasteiger partial charge in [-0.3, -0.25) is 0 Å². The number of halogens is 2. The number of fused-ring (bicyclic) bond motifs is 1. The van der Waals surface area contributed by atoms with Gasteiger partial charge < -0.3 is 9.47 Å². The van der Waals surface area contributed by atoms with E-state index in [9.17, 15) is 4.39 Å². The van der Waals surface area contributed by atoms with Crippen molar-refractivity contribution in [1.82, 2.24) is 19.5 Å². The highest BCUT2D eigenvalue weighted by atomic mass is 19.1. The van der Waals surface area contributed by atoms with Gasteiger partial charge in [0.25, 0.3) is 0 Å². The van der Waals surface area contributed by atoms with Crippen molar-refractivity contribution in [3.8, 4) is 28.6 Å². The predicted molar refractivity (Wildman–Crippen MR) is 136 cm³/mol. The highest BCUT2D eigenvalue weighted by Gasteiger charge is 2.23. The predicted octanol–water partition coefficient (Wildman–Crippen LogP) is 6.52.